The van der Waals surface area contributed by atoms with E-state index in [1.165, 1.54) is 39.9 Å². The Balaban J connectivity index is 0.000000172. The van der Waals surface area contributed by atoms with E-state index in [-0.39, 0.29) is 32.9 Å². The Kier molecular flexibility index (Phi) is 28.1. The summed E-state index contributed by atoms with van der Waals surface area (Å²) in [6, 6.07) is 50.7. The molecule has 0 aliphatic rings. The third-order valence-corrected chi connectivity index (χ3v) is 15.7. The molecule has 2 atom stereocenters. The van der Waals surface area contributed by atoms with Crippen molar-refractivity contribution in [1.29, 1.82) is 0 Å². The van der Waals surface area contributed by atoms with Gasteiger partial charge in [0.25, 0.3) is 0 Å². The van der Waals surface area contributed by atoms with Gasteiger partial charge in [-0.05, 0) is 106 Å². The molecule has 6 heterocycles. The molecule has 0 amide bonds. The van der Waals surface area contributed by atoms with Gasteiger partial charge in [0.1, 0.15) is 40.9 Å². The highest BCUT2D eigenvalue weighted by molar-refractivity contribution is 6.30. The van der Waals surface area contributed by atoms with E-state index in [1.807, 2.05) is 195 Å². The third-order valence-electron chi connectivity index (χ3n) is 15.5. The molecule has 0 aliphatic heterocycles. The summed E-state index contributed by atoms with van der Waals surface area (Å²) in [5.74, 6) is 0.590. The smallest absolute Gasteiger partial charge is 0.123 e. The lowest BCUT2D eigenvalue weighted by Gasteiger charge is -2.23. The van der Waals surface area contributed by atoms with Crippen LogP contribution < -0.4 is 4.74 Å². The fourth-order valence-corrected chi connectivity index (χ4v) is 9.69. The summed E-state index contributed by atoms with van der Waals surface area (Å²) in [6.07, 6.45) is 10.2. The van der Waals surface area contributed by atoms with E-state index in [0.29, 0.717) is 24.5 Å². The second kappa shape index (κ2) is 36.1. The fraction of sp³-hybridized carbons (Fsp3) is 0.392. The van der Waals surface area contributed by atoms with E-state index >= 15 is 0 Å². The molecule has 21 nitrogen and oxygen atoms in total. The highest BCUT2D eigenvalue weighted by atomic mass is 35.5. The van der Waals surface area contributed by atoms with Crippen LogP contribution in [0.2, 0.25) is 5.02 Å². The van der Waals surface area contributed by atoms with Gasteiger partial charge in [-0.3, -0.25) is 4.68 Å². The average Bonchev–Trinajstić information content (AvgIpc) is 1.46. The number of ether oxygens (including phenoxy) is 1. The number of nitrogens with zero attached hydrogens (tertiary/aromatic N) is 18. The van der Waals surface area contributed by atoms with Gasteiger partial charge >= 0.3 is 0 Å². The summed E-state index contributed by atoms with van der Waals surface area (Å²) in [6.45, 7) is 39.5. The minimum absolute atomic E-state index is 0.0399. The monoisotopic (exact) mass is 1400 g/mol. The van der Waals surface area contributed by atoms with Gasteiger partial charge in [-0.25, -0.2) is 27.8 Å². The van der Waals surface area contributed by atoms with Gasteiger partial charge in [0, 0.05) is 46.6 Å². The van der Waals surface area contributed by atoms with Crippen LogP contribution in [0.25, 0.3) is 11.3 Å². The molecule has 6 aromatic heterocycles. The van der Waals surface area contributed by atoms with Crippen molar-refractivity contribution >= 4 is 11.6 Å². The molecule has 23 heteroatoms. The molecule has 12 rings (SSSR count). The Labute approximate surface area is 605 Å². The van der Waals surface area contributed by atoms with Gasteiger partial charge in [0.2, 0.25) is 0 Å². The molecule has 0 saturated heterocycles. The van der Waals surface area contributed by atoms with E-state index in [2.05, 4.69) is 168 Å². The first-order chi connectivity index (χ1) is 48.0. The van der Waals surface area contributed by atoms with Gasteiger partial charge in [-0.1, -0.05) is 261 Å². The number of halogens is 2. The van der Waals surface area contributed by atoms with Crippen LogP contribution in [0, 0.1) is 35.9 Å². The zero-order chi connectivity index (χ0) is 74.4. The SMILES string of the molecule is CC(C)(C)C(O)c1cn(Cc2ccc(F)cc2)nn1.CC(C)(C)C(O)c1cn(Cc2ccccc2)nn1.CC(C)(C)c1cn(Cc2ccc(Cl)cc2)nn1.CC(C)(C)c1cn(Cc2ccccc2)nn1.COc1ccc(-c2cn(CC(C)(C)C)nn2)cc1.Cc1ccc(Cn2cc(C)nn2)cc1. The lowest BCUT2D eigenvalue weighted by atomic mass is 9.87. The van der Waals surface area contributed by atoms with E-state index < -0.39 is 12.2 Å². The van der Waals surface area contributed by atoms with Crippen molar-refractivity contribution in [2.75, 3.05) is 7.11 Å². The third kappa shape index (κ3) is 26.9. The average molecular weight is 1410 g/mol. The predicted molar refractivity (Wildman–Crippen MR) is 400 cm³/mol. The Bertz CT molecular complexity index is 4380. The Morgan fingerprint density at radius 2 is 0.765 bits per heavy atom. The van der Waals surface area contributed by atoms with Crippen molar-refractivity contribution in [2.45, 2.75) is 180 Å². The highest BCUT2D eigenvalue weighted by Crippen LogP contribution is 2.32. The first kappa shape index (κ1) is 79.4. The van der Waals surface area contributed by atoms with Crippen LogP contribution >= 0.6 is 11.6 Å². The minimum Gasteiger partial charge on any atom is -0.497 e. The van der Waals surface area contributed by atoms with Crippen LogP contribution in [-0.2, 0) is 50.1 Å². The van der Waals surface area contributed by atoms with Crippen LogP contribution in [0.15, 0.2) is 195 Å². The molecular formula is C79H102ClFN18O3. The molecular weight excluding hydrogens is 1300 g/mol. The number of benzene rings is 6. The zero-order valence-electron chi connectivity index (χ0n) is 62.5. The Hall–Kier alpha value is -9.90. The Morgan fingerprint density at radius 1 is 0.402 bits per heavy atom. The van der Waals surface area contributed by atoms with E-state index in [4.69, 9.17) is 16.3 Å². The largest absolute Gasteiger partial charge is 0.497 e. The van der Waals surface area contributed by atoms with Crippen molar-refractivity contribution in [3.05, 3.63) is 268 Å². The summed E-state index contributed by atoms with van der Waals surface area (Å²) in [7, 11) is 1.66. The molecule has 0 fully saturated rings. The molecule has 0 spiro atoms. The van der Waals surface area contributed by atoms with Crippen molar-refractivity contribution in [1.82, 2.24) is 90.0 Å². The first-order valence-corrected chi connectivity index (χ1v) is 34.4. The highest BCUT2D eigenvalue weighted by Gasteiger charge is 2.28. The quantitative estimate of drug-likeness (QED) is 0.0971. The normalized spacial score (nSPS) is 12.2. The zero-order valence-corrected chi connectivity index (χ0v) is 63.2. The lowest BCUT2D eigenvalue weighted by molar-refractivity contribution is 0.0588. The number of rotatable bonds is 15. The molecule has 2 unspecified atom stereocenters. The summed E-state index contributed by atoms with van der Waals surface area (Å²) < 4.78 is 28.8. The summed E-state index contributed by atoms with van der Waals surface area (Å²) in [5.41, 5.74) is 12.9. The molecule has 540 valence electrons. The predicted octanol–water partition coefficient (Wildman–Crippen LogP) is 15.8. The second-order valence-electron chi connectivity index (χ2n) is 30.7. The number of hydrogen-bond acceptors (Lipinski definition) is 15. The van der Waals surface area contributed by atoms with Gasteiger partial charge in [-0.15, -0.1) is 30.6 Å². The van der Waals surface area contributed by atoms with Crippen LogP contribution in [0.3, 0.4) is 0 Å². The van der Waals surface area contributed by atoms with E-state index in [1.54, 1.807) is 34.8 Å². The van der Waals surface area contributed by atoms with Crippen LogP contribution in [-0.4, -0.2) is 107 Å². The molecule has 6 aromatic carbocycles. The van der Waals surface area contributed by atoms with Crippen LogP contribution in [0.5, 0.6) is 5.75 Å². The van der Waals surface area contributed by atoms with E-state index in [0.717, 1.165) is 70.9 Å². The number of hydrogen-bond donors (Lipinski definition) is 2. The number of aliphatic hydroxyl groups excluding tert-OH is 2. The molecule has 0 aliphatic carbocycles. The van der Waals surface area contributed by atoms with E-state index in [9.17, 15) is 14.6 Å². The van der Waals surface area contributed by atoms with Crippen molar-refractivity contribution in [2.24, 2.45) is 16.2 Å². The number of aryl methyl sites for hydroxylation is 2. The first-order valence-electron chi connectivity index (χ1n) is 34.1. The van der Waals surface area contributed by atoms with Crippen molar-refractivity contribution in [3.8, 4) is 17.0 Å². The maximum Gasteiger partial charge on any atom is 0.123 e. The summed E-state index contributed by atoms with van der Waals surface area (Å²) >= 11 is 5.84. The standard InChI is InChI=1S/C14H18FN3O.2C14H19N3O.C13H16ClN3.C13H17N3.C11H13N3/c1-14(2,3)13(19)12-9-18(17-16-12)8-10-4-6-11(15)7-5-10;1-14(2,3)10-17-9-13(15-16-17)11-5-7-12(18-4)8-6-11;1-14(2,3)13(18)12-10-17(16-15-12)9-11-7-5-4-6-8-11;1-13(2,3)12-9-17(16-15-12)8-10-4-6-11(14)7-5-10;1-13(2,3)12-10-16(15-14-12)9-11-7-5-4-6-8-11;1-9-3-5-11(6-4-9)8-14-7-10(2)12-13-14/h4-7,9,13,19H,8H2,1-3H3;5-9H,10H2,1-4H3;4-8,10,13,18H,9H2,1-3H3;4-7,9H,8H2,1-3H3;4-8,10H,9H2,1-3H3;3-7H,8H2,1-2H3. The summed E-state index contributed by atoms with van der Waals surface area (Å²) in [5, 5.41) is 70.0. The second-order valence-corrected chi connectivity index (χ2v) is 31.1. The van der Waals surface area contributed by atoms with Crippen LogP contribution in [0.4, 0.5) is 4.39 Å². The van der Waals surface area contributed by atoms with Gasteiger partial charge in [-0.2, -0.15) is 0 Å². The van der Waals surface area contributed by atoms with Crippen LogP contribution in [0.1, 0.15) is 178 Å². The van der Waals surface area contributed by atoms with Gasteiger partial charge < -0.3 is 14.9 Å². The number of methoxy groups -OCH3 is 1. The molecule has 0 bridgehead atoms. The molecule has 102 heavy (non-hydrogen) atoms. The molecule has 12 aromatic rings. The molecule has 0 radical (unpaired) electrons. The van der Waals surface area contributed by atoms with Gasteiger partial charge in [0.15, 0.2) is 0 Å². The van der Waals surface area contributed by atoms with Crippen molar-refractivity contribution < 1.29 is 19.3 Å². The maximum atomic E-state index is 12.8. The molecule has 2 N–H and O–H groups in total. The van der Waals surface area contributed by atoms with Gasteiger partial charge in [0.05, 0.1) is 75.5 Å². The Morgan fingerprint density at radius 3 is 1.14 bits per heavy atom. The van der Waals surface area contributed by atoms with Crippen molar-refractivity contribution in [3.63, 3.8) is 0 Å². The lowest BCUT2D eigenvalue weighted by Crippen LogP contribution is -2.18. The number of aromatic nitrogens is 18. The maximum absolute atomic E-state index is 12.8. The summed E-state index contributed by atoms with van der Waals surface area (Å²) in [4.78, 5) is 0. The minimum atomic E-state index is -0.658. The number of aliphatic hydroxyl groups is 2. The fourth-order valence-electron chi connectivity index (χ4n) is 9.56. The molecule has 0 saturated carbocycles. The topological polar surface area (TPSA) is 234 Å².